The molecule has 128 valence electrons. The van der Waals surface area contributed by atoms with Crippen LogP contribution in [0.25, 0.3) is 11.2 Å². The Labute approximate surface area is 137 Å². The summed E-state index contributed by atoms with van der Waals surface area (Å²) in [6, 6.07) is -0.905. The van der Waals surface area contributed by atoms with E-state index in [2.05, 4.69) is 24.6 Å². The number of aromatic nitrogens is 4. The SMILES string of the molecule is O=S=NC(=O)Nc1ncnc2c1ncn2[C@@H]1O[C@H](CO)[C@@H](O)[C@H]1O. The molecule has 0 unspecified atom stereocenters. The lowest BCUT2D eigenvalue weighted by molar-refractivity contribution is -0.0511. The Balaban J connectivity index is 1.97. The Bertz CT molecular complexity index is 822. The molecule has 4 atom stereocenters. The van der Waals surface area contributed by atoms with Crippen LogP contribution in [-0.4, -0.2) is 70.0 Å². The molecule has 1 aliphatic heterocycles. The van der Waals surface area contributed by atoms with Crippen LogP contribution in [0.15, 0.2) is 17.0 Å². The second-order valence-electron chi connectivity index (χ2n) is 4.87. The smallest absolute Gasteiger partial charge is 0.359 e. The summed E-state index contributed by atoms with van der Waals surface area (Å²) in [6.45, 7) is -0.466. The van der Waals surface area contributed by atoms with Crippen molar-refractivity contribution < 1.29 is 29.1 Å². The molecule has 13 heteroatoms. The zero-order valence-electron chi connectivity index (χ0n) is 11.9. The predicted octanol–water partition coefficient (Wildman–Crippen LogP) is -1.63. The highest BCUT2D eigenvalue weighted by molar-refractivity contribution is 7.55. The Kier molecular flexibility index (Phi) is 4.59. The predicted molar refractivity (Wildman–Crippen MR) is 77.9 cm³/mol. The van der Waals surface area contributed by atoms with Gasteiger partial charge in [-0.3, -0.25) is 9.88 Å². The maximum Gasteiger partial charge on any atom is 0.359 e. The lowest BCUT2D eigenvalue weighted by Gasteiger charge is -2.16. The lowest BCUT2D eigenvalue weighted by atomic mass is 10.1. The fourth-order valence-corrected chi connectivity index (χ4v) is 2.51. The summed E-state index contributed by atoms with van der Waals surface area (Å²) in [4.78, 5) is 23.3. The Morgan fingerprint density at radius 3 is 2.83 bits per heavy atom. The third-order valence-electron chi connectivity index (χ3n) is 3.50. The van der Waals surface area contributed by atoms with Crippen molar-refractivity contribution >= 4 is 34.5 Å². The number of imidazole rings is 1. The van der Waals surface area contributed by atoms with Crippen LogP contribution in [0.3, 0.4) is 0 Å². The van der Waals surface area contributed by atoms with E-state index in [0.29, 0.717) is 0 Å². The molecule has 0 aromatic carbocycles. The largest absolute Gasteiger partial charge is 0.394 e. The van der Waals surface area contributed by atoms with Gasteiger partial charge in [0.05, 0.1) is 12.9 Å². The quantitative estimate of drug-likeness (QED) is 0.503. The molecule has 0 aliphatic carbocycles. The van der Waals surface area contributed by atoms with Crippen LogP contribution in [0.1, 0.15) is 6.23 Å². The molecule has 2 amide bonds. The second kappa shape index (κ2) is 6.66. The highest BCUT2D eigenvalue weighted by Crippen LogP contribution is 2.32. The summed E-state index contributed by atoms with van der Waals surface area (Å²) >= 11 is -0.247. The van der Waals surface area contributed by atoms with Crippen molar-refractivity contribution in [3.05, 3.63) is 12.7 Å². The van der Waals surface area contributed by atoms with E-state index < -0.39 is 37.2 Å². The van der Waals surface area contributed by atoms with Gasteiger partial charge >= 0.3 is 6.03 Å². The third-order valence-corrected chi connectivity index (χ3v) is 3.74. The van der Waals surface area contributed by atoms with E-state index in [1.807, 2.05) is 0 Å². The number of carbonyl (C=O) groups is 1. The van der Waals surface area contributed by atoms with Gasteiger partial charge in [0.1, 0.15) is 24.6 Å². The summed E-state index contributed by atoms with van der Waals surface area (Å²) in [6.07, 6.45) is -2.12. The number of hydrogen-bond acceptors (Lipinski definition) is 9. The Hall–Kier alpha value is -2.32. The monoisotopic (exact) mass is 356 g/mol. The number of ether oxygens (including phenoxy) is 1. The van der Waals surface area contributed by atoms with E-state index in [0.717, 1.165) is 6.33 Å². The summed E-state index contributed by atoms with van der Waals surface area (Å²) in [5.41, 5.74) is 0.389. The molecule has 0 spiro atoms. The average Bonchev–Trinajstić information content (AvgIpc) is 3.11. The maximum atomic E-state index is 11.4. The number of aliphatic hydroxyl groups is 3. The van der Waals surface area contributed by atoms with Gasteiger partial charge in [-0.1, -0.05) is 4.36 Å². The first-order valence-electron chi connectivity index (χ1n) is 6.67. The topological polar surface area (TPSA) is 172 Å². The average molecular weight is 356 g/mol. The minimum absolute atomic E-state index is 0.0216. The first-order chi connectivity index (χ1) is 11.6. The molecule has 24 heavy (non-hydrogen) atoms. The van der Waals surface area contributed by atoms with Gasteiger partial charge in [0.2, 0.25) is 11.5 Å². The molecule has 1 fully saturated rings. The number of hydrogen-bond donors (Lipinski definition) is 4. The van der Waals surface area contributed by atoms with E-state index in [-0.39, 0.29) is 28.4 Å². The van der Waals surface area contributed by atoms with Gasteiger partial charge < -0.3 is 20.1 Å². The molecule has 0 saturated carbocycles. The van der Waals surface area contributed by atoms with Crippen LogP contribution in [-0.2, 0) is 16.2 Å². The molecule has 3 heterocycles. The number of urea groups is 1. The highest BCUT2D eigenvalue weighted by Gasteiger charge is 2.44. The number of nitrogens with zero attached hydrogens (tertiary/aromatic N) is 5. The van der Waals surface area contributed by atoms with Gasteiger partial charge in [0.25, 0.3) is 0 Å². The van der Waals surface area contributed by atoms with Gasteiger partial charge in [-0.25, -0.2) is 19.7 Å². The summed E-state index contributed by atoms with van der Waals surface area (Å²) in [7, 11) is 0. The van der Waals surface area contributed by atoms with Crippen LogP contribution in [0.4, 0.5) is 10.6 Å². The van der Waals surface area contributed by atoms with Crippen LogP contribution < -0.4 is 5.32 Å². The maximum absolute atomic E-state index is 11.4. The number of aliphatic hydroxyl groups excluding tert-OH is 3. The van der Waals surface area contributed by atoms with Crippen molar-refractivity contribution in [2.24, 2.45) is 4.36 Å². The van der Waals surface area contributed by atoms with Crippen molar-refractivity contribution in [3.63, 3.8) is 0 Å². The minimum Gasteiger partial charge on any atom is -0.394 e. The number of fused-ring (bicyclic) bond motifs is 1. The molecule has 4 N–H and O–H groups in total. The molecule has 2 aromatic heterocycles. The molecule has 12 nitrogen and oxygen atoms in total. The van der Waals surface area contributed by atoms with Gasteiger partial charge in [-0.05, 0) is 0 Å². The van der Waals surface area contributed by atoms with E-state index in [1.165, 1.54) is 10.9 Å². The zero-order chi connectivity index (χ0) is 17.3. The number of rotatable bonds is 3. The van der Waals surface area contributed by atoms with Crippen LogP contribution in [0.5, 0.6) is 0 Å². The fraction of sp³-hybridized carbons (Fsp3) is 0.455. The summed E-state index contributed by atoms with van der Waals surface area (Å²) < 4.78 is 20.0. The van der Waals surface area contributed by atoms with Gasteiger partial charge in [-0.15, -0.1) is 0 Å². The molecule has 0 bridgehead atoms. The fourth-order valence-electron chi connectivity index (χ4n) is 2.40. The number of carbonyl (C=O) groups excluding carboxylic acids is 1. The first kappa shape index (κ1) is 16.5. The van der Waals surface area contributed by atoms with Gasteiger partial charge in [0.15, 0.2) is 23.2 Å². The Morgan fingerprint density at radius 2 is 2.17 bits per heavy atom. The standard InChI is InChI=1S/C11H12N6O6S/c18-1-4-6(19)7(20)10(23-4)17-3-14-5-8(12-2-13-9(5)17)15-11(21)16-24-22/h2-4,6-7,10,18-20H,1H2,(H,12,13,15,21)/t4-,6-,7-,10-/m1/s1. The van der Waals surface area contributed by atoms with Crippen molar-refractivity contribution in [3.8, 4) is 0 Å². The molecule has 2 aromatic rings. The van der Waals surface area contributed by atoms with Crippen molar-refractivity contribution in [2.75, 3.05) is 11.9 Å². The normalized spacial score (nSPS) is 26.5. The lowest BCUT2D eigenvalue weighted by Crippen LogP contribution is -2.33. The van der Waals surface area contributed by atoms with Gasteiger partial charge in [-0.2, -0.15) is 4.21 Å². The molecular weight excluding hydrogens is 344 g/mol. The van der Waals surface area contributed by atoms with E-state index in [4.69, 9.17) is 9.84 Å². The van der Waals surface area contributed by atoms with Crippen LogP contribution in [0, 0.1) is 0 Å². The molecule has 1 saturated heterocycles. The van der Waals surface area contributed by atoms with Crippen molar-refractivity contribution in [2.45, 2.75) is 24.5 Å². The number of anilines is 1. The van der Waals surface area contributed by atoms with Crippen LogP contribution >= 0.6 is 0 Å². The molecule has 1 aliphatic rings. The van der Waals surface area contributed by atoms with E-state index in [9.17, 15) is 19.2 Å². The summed E-state index contributed by atoms with van der Waals surface area (Å²) in [5.74, 6) is 0.0216. The molecular formula is C11H12N6O6S. The van der Waals surface area contributed by atoms with Gasteiger partial charge in [0, 0.05) is 0 Å². The number of amides is 2. The van der Waals surface area contributed by atoms with Crippen LogP contribution in [0.2, 0.25) is 0 Å². The zero-order valence-corrected chi connectivity index (χ0v) is 12.7. The number of nitrogens with one attached hydrogen (secondary N) is 1. The summed E-state index contributed by atoms with van der Waals surface area (Å²) in [5, 5.41) is 31.3. The first-order valence-corrected chi connectivity index (χ1v) is 7.37. The van der Waals surface area contributed by atoms with E-state index in [1.54, 1.807) is 0 Å². The third kappa shape index (κ3) is 2.78. The van der Waals surface area contributed by atoms with E-state index >= 15 is 0 Å². The molecule has 0 radical (unpaired) electrons. The van der Waals surface area contributed by atoms with Crippen molar-refractivity contribution in [1.29, 1.82) is 0 Å². The Morgan fingerprint density at radius 1 is 1.38 bits per heavy atom. The second-order valence-corrected chi connectivity index (χ2v) is 5.20. The highest BCUT2D eigenvalue weighted by atomic mass is 32.1. The molecule has 3 rings (SSSR count). The van der Waals surface area contributed by atoms with Crippen molar-refractivity contribution in [1.82, 2.24) is 19.5 Å². The minimum atomic E-state index is -1.31.